The molecule has 8 N–H and O–H groups in total. The third-order valence-electron chi connectivity index (χ3n) is 7.08. The Balaban J connectivity index is 0.000000405. The van der Waals surface area contributed by atoms with E-state index in [1.165, 1.54) is 30.2 Å². The molecule has 1 unspecified atom stereocenters. The van der Waals surface area contributed by atoms with Crippen LogP contribution in [0.2, 0.25) is 5.02 Å². The monoisotopic (exact) mass is 569 g/mol. The van der Waals surface area contributed by atoms with Crippen LogP contribution < -0.4 is 22.1 Å². The highest BCUT2D eigenvalue weighted by molar-refractivity contribution is 7.99. The first-order valence-corrected chi connectivity index (χ1v) is 14.8. The van der Waals surface area contributed by atoms with Crippen LogP contribution in [-0.4, -0.2) is 64.5 Å². The van der Waals surface area contributed by atoms with E-state index >= 15 is 0 Å². The van der Waals surface area contributed by atoms with Crippen LogP contribution in [0.3, 0.4) is 0 Å². The Morgan fingerprint density at radius 1 is 1.19 bits per heavy atom. The zero-order valence-electron chi connectivity index (χ0n) is 20.3. The van der Waals surface area contributed by atoms with Crippen LogP contribution >= 0.6 is 23.4 Å². The van der Waals surface area contributed by atoms with Gasteiger partial charge in [-0.2, -0.15) is 8.42 Å². The van der Waals surface area contributed by atoms with Gasteiger partial charge in [0.25, 0.3) is 10.1 Å². The van der Waals surface area contributed by atoms with Gasteiger partial charge in [0, 0.05) is 30.2 Å². The van der Waals surface area contributed by atoms with Gasteiger partial charge in [-0.25, -0.2) is 15.0 Å². The fourth-order valence-electron chi connectivity index (χ4n) is 4.82. The number of hydrogen-bond acceptors (Lipinski definition) is 11. The number of rotatable bonds is 6. The maximum Gasteiger partial charge on any atom is 0.267 e. The summed E-state index contributed by atoms with van der Waals surface area (Å²) in [7, 11) is -3.92. The van der Waals surface area contributed by atoms with Gasteiger partial charge in [-0.1, -0.05) is 35.0 Å². The van der Waals surface area contributed by atoms with Gasteiger partial charge < -0.3 is 27.2 Å². The van der Waals surface area contributed by atoms with Crippen LogP contribution in [0.4, 0.5) is 17.5 Å². The van der Waals surface area contributed by atoms with Crippen molar-refractivity contribution < 1.29 is 18.1 Å². The van der Waals surface area contributed by atoms with Crippen molar-refractivity contribution in [2.75, 3.05) is 41.8 Å². The van der Waals surface area contributed by atoms with Crippen molar-refractivity contribution in [2.24, 2.45) is 17.1 Å². The van der Waals surface area contributed by atoms with Gasteiger partial charge in [0.1, 0.15) is 16.7 Å². The number of anilines is 3. The molecular formula is C23H32ClN7O4S2. The second-order valence-corrected chi connectivity index (χ2v) is 12.5. The normalized spacial score (nSPS) is 20.9. The minimum Gasteiger partial charge on any atom is -0.395 e. The molecule has 1 spiro atoms. The topological polar surface area (TPSA) is 195 Å². The molecule has 0 amide bonds. The molecule has 2 fully saturated rings. The van der Waals surface area contributed by atoms with E-state index in [4.69, 9.17) is 38.5 Å². The van der Waals surface area contributed by atoms with E-state index in [0.29, 0.717) is 15.9 Å². The van der Waals surface area contributed by atoms with Gasteiger partial charge in [-0.3, -0.25) is 4.55 Å². The number of piperidine rings is 1. The predicted octanol–water partition coefficient (Wildman–Crippen LogP) is 2.36. The van der Waals surface area contributed by atoms with Crippen molar-refractivity contribution in [1.82, 2.24) is 15.0 Å². The second kappa shape index (κ2) is 11.3. The minimum atomic E-state index is -3.92. The summed E-state index contributed by atoms with van der Waals surface area (Å²) in [4.78, 5) is 16.2. The van der Waals surface area contributed by atoms with Gasteiger partial charge in [-0.05, 0) is 49.5 Å². The number of nitrogen functional groups attached to an aromatic ring is 2. The molecule has 2 aromatic heterocycles. The number of nitrogens with zero attached hydrogens (tertiary/aromatic N) is 4. The summed E-state index contributed by atoms with van der Waals surface area (Å²) >= 11 is 7.58. The molecule has 1 saturated heterocycles. The number of aromatic nitrogens is 3. The summed E-state index contributed by atoms with van der Waals surface area (Å²) in [6.45, 7) is 1.32. The summed E-state index contributed by atoms with van der Waals surface area (Å²) in [5.74, 6) is 1.68. The largest absolute Gasteiger partial charge is 0.395 e. The quantitative estimate of drug-likeness (QED) is 0.252. The summed E-state index contributed by atoms with van der Waals surface area (Å²) in [6.07, 6.45) is 11.7. The molecule has 11 nitrogen and oxygen atoms in total. The maximum absolute atomic E-state index is 9.63. The van der Waals surface area contributed by atoms with E-state index in [1.54, 1.807) is 18.5 Å². The van der Waals surface area contributed by atoms with Crippen molar-refractivity contribution in [3.05, 3.63) is 35.1 Å². The molecule has 1 saturated carbocycles. The molecule has 1 atom stereocenters. The van der Waals surface area contributed by atoms with Crippen LogP contribution in [0.1, 0.15) is 32.1 Å². The first kappa shape index (κ1) is 27.9. The van der Waals surface area contributed by atoms with Crippen LogP contribution in [-0.2, 0) is 10.1 Å². The molecule has 202 valence electrons. The van der Waals surface area contributed by atoms with Crippen molar-refractivity contribution in [1.29, 1.82) is 0 Å². The molecule has 0 bridgehead atoms. The van der Waals surface area contributed by atoms with Crippen LogP contribution in [0.5, 0.6) is 0 Å². The lowest BCUT2D eigenvalue weighted by atomic mass is 9.72. The number of halogens is 1. The highest BCUT2D eigenvalue weighted by Crippen LogP contribution is 2.51. The lowest BCUT2D eigenvalue weighted by Gasteiger charge is -2.43. The molecule has 37 heavy (non-hydrogen) atoms. The van der Waals surface area contributed by atoms with Crippen molar-refractivity contribution in [3.63, 3.8) is 0 Å². The predicted molar refractivity (Wildman–Crippen MR) is 145 cm³/mol. The van der Waals surface area contributed by atoms with Gasteiger partial charge in [0.2, 0.25) is 0 Å². The molecule has 0 radical (unpaired) electrons. The number of allylic oxidation sites excluding steroid dienone is 1. The Bertz CT molecular complexity index is 1270. The van der Waals surface area contributed by atoms with Gasteiger partial charge >= 0.3 is 0 Å². The third-order valence-corrected chi connectivity index (χ3v) is 9.36. The SMILES string of the molecule is Nc1nc(N2CCC3(CC=C(C4CC4)C3N)CC2)cnc1Sc1ccnc(N)c1Cl.O=S(=O)(O)CCO. The molecule has 1 aliphatic heterocycles. The number of hydrogen-bond donors (Lipinski definition) is 5. The smallest absolute Gasteiger partial charge is 0.267 e. The van der Waals surface area contributed by atoms with E-state index in [1.807, 2.05) is 0 Å². The van der Waals surface area contributed by atoms with Gasteiger partial charge in [0.15, 0.2) is 5.82 Å². The molecule has 5 rings (SSSR count). The summed E-state index contributed by atoms with van der Waals surface area (Å²) < 4.78 is 27.1. The summed E-state index contributed by atoms with van der Waals surface area (Å²) in [6, 6.07) is 2.01. The molecule has 0 aromatic carbocycles. The van der Waals surface area contributed by atoms with Crippen molar-refractivity contribution in [2.45, 2.75) is 48.1 Å². The number of pyridine rings is 1. The first-order valence-electron chi connectivity index (χ1n) is 12.0. The molecule has 2 aliphatic carbocycles. The van der Waals surface area contributed by atoms with Crippen LogP contribution in [0, 0.1) is 11.3 Å². The van der Waals surface area contributed by atoms with Gasteiger partial charge in [0.05, 0.1) is 23.6 Å². The number of nitrogens with two attached hydrogens (primary N) is 3. The fraction of sp³-hybridized carbons (Fsp3) is 0.522. The van der Waals surface area contributed by atoms with Gasteiger partial charge in [-0.15, -0.1) is 0 Å². The lowest BCUT2D eigenvalue weighted by Crippen LogP contribution is -2.48. The van der Waals surface area contributed by atoms with Crippen LogP contribution in [0.25, 0.3) is 0 Å². The average molecular weight is 570 g/mol. The number of aliphatic hydroxyl groups is 1. The van der Waals surface area contributed by atoms with Crippen LogP contribution in [0.15, 0.2) is 40.0 Å². The van der Waals surface area contributed by atoms with E-state index in [0.717, 1.165) is 49.0 Å². The van der Waals surface area contributed by atoms with E-state index in [2.05, 4.69) is 25.9 Å². The first-order chi connectivity index (χ1) is 17.5. The van der Waals surface area contributed by atoms with E-state index < -0.39 is 22.5 Å². The number of aliphatic hydroxyl groups excluding tert-OH is 1. The summed E-state index contributed by atoms with van der Waals surface area (Å²) in [5, 5.41) is 8.87. The Morgan fingerprint density at radius 2 is 1.89 bits per heavy atom. The Labute approximate surface area is 225 Å². The van der Waals surface area contributed by atoms with Crippen molar-refractivity contribution in [3.8, 4) is 0 Å². The van der Waals surface area contributed by atoms with E-state index in [-0.39, 0.29) is 17.3 Å². The highest BCUT2D eigenvalue weighted by atomic mass is 35.5. The molecule has 3 aliphatic rings. The maximum atomic E-state index is 9.63. The summed E-state index contributed by atoms with van der Waals surface area (Å²) in [5.41, 5.74) is 20.4. The van der Waals surface area contributed by atoms with E-state index in [9.17, 15) is 8.42 Å². The highest BCUT2D eigenvalue weighted by Gasteiger charge is 2.47. The molecule has 2 aromatic rings. The fourth-order valence-corrected chi connectivity index (χ4v) is 6.06. The lowest BCUT2D eigenvalue weighted by molar-refractivity contribution is 0.203. The second-order valence-electron chi connectivity index (χ2n) is 9.55. The third kappa shape index (κ3) is 6.65. The Hall–Kier alpha value is -2.16. The molecule has 3 heterocycles. The van der Waals surface area contributed by atoms with Crippen molar-refractivity contribution >= 4 is 50.9 Å². The zero-order valence-corrected chi connectivity index (χ0v) is 22.6. The molecular weight excluding hydrogens is 538 g/mol. The molecule has 14 heteroatoms. The minimum absolute atomic E-state index is 0.222. The Morgan fingerprint density at radius 3 is 2.46 bits per heavy atom. The average Bonchev–Trinajstić information content (AvgIpc) is 3.64. The Kier molecular flexibility index (Phi) is 8.51. The zero-order chi connectivity index (χ0) is 26.8. The standard InChI is InChI=1S/C21H26ClN7S.C2H6O4S/c22-16-14(4-8-26-18(16)24)30-20-19(25)28-15(11-27-20)29-9-6-21(7-10-29)5-3-13(17(21)23)12-1-2-12;3-1-2-7(4,5)6/h3-4,8,11-12,17H,1-2,5-7,9-10,23H2,(H2,24,26)(H2,25,28);3H,1-2H2,(H,4,5,6).